The summed E-state index contributed by atoms with van der Waals surface area (Å²) in [6.45, 7) is 0.537. The Balaban J connectivity index is 1.41. The first-order chi connectivity index (χ1) is 17.7. The fraction of sp³-hybridized carbons (Fsp3) is 0.133. The van der Waals surface area contributed by atoms with Gasteiger partial charge in [0.2, 0.25) is 0 Å². The topological polar surface area (TPSA) is 79.8 Å². The van der Waals surface area contributed by atoms with E-state index in [9.17, 15) is 4.79 Å². The maximum Gasteiger partial charge on any atom is 0.251 e. The number of carbonyl (C=O) groups is 1. The predicted octanol–water partition coefficient (Wildman–Crippen LogP) is 5.86. The van der Waals surface area contributed by atoms with Gasteiger partial charge in [-0.05, 0) is 54.3 Å². The van der Waals surface area contributed by atoms with E-state index in [0.717, 1.165) is 51.9 Å². The maximum atomic E-state index is 12.4. The van der Waals surface area contributed by atoms with E-state index in [1.165, 1.54) is 0 Å². The van der Waals surface area contributed by atoms with Gasteiger partial charge in [-0.25, -0.2) is 9.97 Å². The molecule has 1 amide bonds. The highest BCUT2D eigenvalue weighted by atomic mass is 16.1. The van der Waals surface area contributed by atoms with Gasteiger partial charge in [0.15, 0.2) is 5.82 Å². The van der Waals surface area contributed by atoms with E-state index in [1.807, 2.05) is 72.8 Å². The minimum atomic E-state index is -0.0336. The van der Waals surface area contributed by atoms with Crippen LogP contribution in [0.25, 0.3) is 33.4 Å². The molecule has 1 saturated carbocycles. The molecular weight excluding hydrogens is 446 g/mol. The first-order valence-corrected chi connectivity index (χ1v) is 12.2. The SMILES string of the molecule is O=C(NC1CC1)c1ccc(-c2nc(NCc3ccccn3)c3c(-c4ccccc4)cccc3n2)cc1. The van der Waals surface area contributed by atoms with Gasteiger partial charge in [-0.3, -0.25) is 9.78 Å². The molecule has 5 aromatic rings. The van der Waals surface area contributed by atoms with Gasteiger partial charge < -0.3 is 10.6 Å². The van der Waals surface area contributed by atoms with Crippen molar-refractivity contribution in [3.8, 4) is 22.5 Å². The highest BCUT2D eigenvalue weighted by Crippen LogP contribution is 2.34. The number of aromatic nitrogens is 3. The Morgan fingerprint density at radius 1 is 0.806 bits per heavy atom. The molecule has 176 valence electrons. The first-order valence-electron chi connectivity index (χ1n) is 12.2. The number of benzene rings is 3. The molecule has 0 radical (unpaired) electrons. The third-order valence-electron chi connectivity index (χ3n) is 6.29. The van der Waals surface area contributed by atoms with Crippen molar-refractivity contribution in [2.75, 3.05) is 5.32 Å². The number of fused-ring (bicyclic) bond motifs is 1. The summed E-state index contributed by atoms with van der Waals surface area (Å²) in [5.41, 5.74) is 5.44. The average Bonchev–Trinajstić information content (AvgIpc) is 3.76. The van der Waals surface area contributed by atoms with E-state index < -0.39 is 0 Å². The van der Waals surface area contributed by atoms with E-state index in [4.69, 9.17) is 9.97 Å². The van der Waals surface area contributed by atoms with Crippen molar-refractivity contribution in [3.05, 3.63) is 108 Å². The highest BCUT2D eigenvalue weighted by Gasteiger charge is 2.23. The van der Waals surface area contributed by atoms with Crippen molar-refractivity contribution in [2.24, 2.45) is 0 Å². The van der Waals surface area contributed by atoms with E-state index in [0.29, 0.717) is 24.0 Å². The van der Waals surface area contributed by atoms with Crippen molar-refractivity contribution in [3.63, 3.8) is 0 Å². The van der Waals surface area contributed by atoms with Gasteiger partial charge in [-0.2, -0.15) is 0 Å². The Hall–Kier alpha value is -4.58. The standard InChI is InChI=1S/C30H25N5O/c36-30(33-23-16-17-23)22-14-12-21(13-15-22)28-34-26-11-6-10-25(20-7-2-1-3-8-20)27(26)29(35-28)32-19-24-9-4-5-18-31-24/h1-15,18,23H,16-17,19H2,(H,33,36)(H,32,34,35). The number of amides is 1. The first kappa shape index (κ1) is 21.9. The van der Waals surface area contributed by atoms with Crippen molar-refractivity contribution >= 4 is 22.6 Å². The minimum absolute atomic E-state index is 0.0336. The molecule has 0 unspecified atom stereocenters. The Bertz CT molecular complexity index is 1510. The summed E-state index contributed by atoms with van der Waals surface area (Å²) in [6, 6.07) is 30.1. The third kappa shape index (κ3) is 4.66. The lowest BCUT2D eigenvalue weighted by molar-refractivity contribution is 0.0951. The molecule has 0 bridgehead atoms. The smallest absolute Gasteiger partial charge is 0.251 e. The molecule has 0 aliphatic heterocycles. The van der Waals surface area contributed by atoms with Crippen LogP contribution >= 0.6 is 0 Å². The van der Waals surface area contributed by atoms with Crippen molar-refractivity contribution < 1.29 is 4.79 Å². The van der Waals surface area contributed by atoms with E-state index >= 15 is 0 Å². The monoisotopic (exact) mass is 471 g/mol. The second-order valence-corrected chi connectivity index (χ2v) is 8.96. The highest BCUT2D eigenvalue weighted by molar-refractivity contribution is 6.02. The molecule has 0 saturated heterocycles. The minimum Gasteiger partial charge on any atom is -0.364 e. The summed E-state index contributed by atoms with van der Waals surface area (Å²) in [5, 5.41) is 7.50. The number of nitrogens with zero attached hydrogens (tertiary/aromatic N) is 3. The van der Waals surface area contributed by atoms with Gasteiger partial charge >= 0.3 is 0 Å². The summed E-state index contributed by atoms with van der Waals surface area (Å²) < 4.78 is 0. The van der Waals surface area contributed by atoms with Crippen LogP contribution < -0.4 is 10.6 Å². The Morgan fingerprint density at radius 3 is 2.36 bits per heavy atom. The predicted molar refractivity (Wildman–Crippen MR) is 142 cm³/mol. The summed E-state index contributed by atoms with van der Waals surface area (Å²) in [7, 11) is 0. The molecule has 1 aliphatic carbocycles. The van der Waals surface area contributed by atoms with Crippen LogP contribution in [-0.4, -0.2) is 26.9 Å². The molecule has 6 heteroatoms. The van der Waals surface area contributed by atoms with Gasteiger partial charge in [0, 0.05) is 23.4 Å². The van der Waals surface area contributed by atoms with Crippen LogP contribution in [0, 0.1) is 0 Å². The molecular formula is C30H25N5O. The van der Waals surface area contributed by atoms with Gasteiger partial charge in [0.1, 0.15) is 5.82 Å². The number of rotatable bonds is 7. The van der Waals surface area contributed by atoms with E-state index in [1.54, 1.807) is 6.20 Å². The second kappa shape index (κ2) is 9.58. The van der Waals surface area contributed by atoms with Crippen LogP contribution in [0.2, 0.25) is 0 Å². The number of carbonyl (C=O) groups excluding carboxylic acids is 1. The largest absolute Gasteiger partial charge is 0.364 e. The number of hydrogen-bond donors (Lipinski definition) is 2. The summed E-state index contributed by atoms with van der Waals surface area (Å²) in [4.78, 5) is 26.7. The van der Waals surface area contributed by atoms with Gasteiger partial charge in [0.05, 0.1) is 23.1 Å². The van der Waals surface area contributed by atoms with Crippen LogP contribution in [0.1, 0.15) is 28.9 Å². The average molecular weight is 472 g/mol. The van der Waals surface area contributed by atoms with Crippen LogP contribution in [0.15, 0.2) is 97.2 Å². The van der Waals surface area contributed by atoms with Crippen molar-refractivity contribution in [1.82, 2.24) is 20.3 Å². The number of nitrogens with one attached hydrogen (secondary N) is 2. The molecule has 2 heterocycles. The number of hydrogen-bond acceptors (Lipinski definition) is 5. The van der Waals surface area contributed by atoms with Crippen LogP contribution in [0.3, 0.4) is 0 Å². The third-order valence-corrected chi connectivity index (χ3v) is 6.29. The molecule has 6 rings (SSSR count). The summed E-state index contributed by atoms with van der Waals surface area (Å²) >= 11 is 0. The lowest BCUT2D eigenvalue weighted by atomic mass is 10.0. The van der Waals surface area contributed by atoms with E-state index in [2.05, 4.69) is 33.8 Å². The normalized spacial score (nSPS) is 12.9. The lowest BCUT2D eigenvalue weighted by Crippen LogP contribution is -2.25. The zero-order chi connectivity index (χ0) is 24.3. The number of pyridine rings is 1. The fourth-order valence-electron chi connectivity index (χ4n) is 4.24. The van der Waals surface area contributed by atoms with Gasteiger partial charge in [0.25, 0.3) is 5.91 Å². The zero-order valence-electron chi connectivity index (χ0n) is 19.7. The van der Waals surface area contributed by atoms with Crippen molar-refractivity contribution in [2.45, 2.75) is 25.4 Å². The molecule has 36 heavy (non-hydrogen) atoms. The van der Waals surface area contributed by atoms with Crippen LogP contribution in [0.4, 0.5) is 5.82 Å². The van der Waals surface area contributed by atoms with E-state index in [-0.39, 0.29) is 5.91 Å². The fourth-order valence-corrected chi connectivity index (χ4v) is 4.24. The summed E-state index contributed by atoms with van der Waals surface area (Å²) in [6.07, 6.45) is 3.92. The molecule has 1 aliphatic rings. The maximum absolute atomic E-state index is 12.4. The van der Waals surface area contributed by atoms with Crippen LogP contribution in [0.5, 0.6) is 0 Å². The molecule has 0 spiro atoms. The zero-order valence-corrected chi connectivity index (χ0v) is 19.7. The molecule has 1 fully saturated rings. The van der Waals surface area contributed by atoms with Gasteiger partial charge in [-0.15, -0.1) is 0 Å². The second-order valence-electron chi connectivity index (χ2n) is 8.96. The molecule has 0 atom stereocenters. The summed E-state index contributed by atoms with van der Waals surface area (Å²) in [5.74, 6) is 1.31. The molecule has 6 nitrogen and oxygen atoms in total. The van der Waals surface area contributed by atoms with Crippen LogP contribution in [-0.2, 0) is 6.54 Å². The Labute approximate surface area is 209 Å². The molecule has 2 aromatic heterocycles. The molecule has 3 aromatic carbocycles. The quantitative estimate of drug-likeness (QED) is 0.311. The molecule has 2 N–H and O–H groups in total. The van der Waals surface area contributed by atoms with Crippen molar-refractivity contribution in [1.29, 1.82) is 0 Å². The lowest BCUT2D eigenvalue weighted by Gasteiger charge is -2.14. The number of anilines is 1. The van der Waals surface area contributed by atoms with Gasteiger partial charge in [-0.1, -0.05) is 60.7 Å². The Kier molecular flexibility index (Phi) is 5.83. The Morgan fingerprint density at radius 2 is 1.61 bits per heavy atom.